The summed E-state index contributed by atoms with van der Waals surface area (Å²) in [4.78, 5) is 9.30. The molecule has 3 heterocycles. The van der Waals surface area contributed by atoms with Gasteiger partial charge in [0.15, 0.2) is 5.82 Å². The lowest BCUT2D eigenvalue weighted by molar-refractivity contribution is 0.0446. The molecule has 0 spiro atoms. The number of aliphatic hydroxyl groups is 1. The summed E-state index contributed by atoms with van der Waals surface area (Å²) in [5.41, 5.74) is 11.2. The van der Waals surface area contributed by atoms with Gasteiger partial charge in [-0.3, -0.25) is 0 Å². The Morgan fingerprint density at radius 2 is 2.00 bits per heavy atom. The highest BCUT2D eigenvalue weighted by Gasteiger charge is 2.26. The molecule has 1 aliphatic rings. The van der Waals surface area contributed by atoms with Crippen LogP contribution in [-0.4, -0.2) is 58.2 Å². The molecule has 41 heavy (non-hydrogen) atoms. The molecule has 2 aromatic carbocycles. The summed E-state index contributed by atoms with van der Waals surface area (Å²) < 4.78 is 13.6. The lowest BCUT2D eigenvalue weighted by Crippen LogP contribution is -2.46. The van der Waals surface area contributed by atoms with Crippen LogP contribution in [0, 0.1) is 11.8 Å². The van der Waals surface area contributed by atoms with Gasteiger partial charge in [0, 0.05) is 36.2 Å². The van der Waals surface area contributed by atoms with Crippen LogP contribution in [0.1, 0.15) is 50.7 Å². The monoisotopic (exact) mass is 556 g/mol. The first-order valence-electron chi connectivity index (χ1n) is 14.3. The van der Waals surface area contributed by atoms with E-state index in [1.54, 1.807) is 7.11 Å². The maximum Gasteiger partial charge on any atom is 0.222 e. The first kappa shape index (κ1) is 28.7. The number of fused-ring (bicyclic) bond motifs is 3. The highest BCUT2D eigenvalue weighted by Crippen LogP contribution is 2.34. The number of ether oxygens (including phenoxy) is 2. The first-order chi connectivity index (χ1) is 19.9. The number of aliphatic hydroxyl groups excluding tert-OH is 1. The predicted molar refractivity (Wildman–Crippen MR) is 164 cm³/mol. The quantitative estimate of drug-likeness (QED) is 0.212. The molecule has 216 valence electrons. The number of nitrogens with zero attached hydrogens (tertiary/aromatic N) is 3. The Morgan fingerprint density at radius 1 is 1.20 bits per heavy atom. The van der Waals surface area contributed by atoms with E-state index in [4.69, 9.17) is 15.2 Å². The molecule has 0 amide bonds. The largest absolute Gasteiger partial charge is 0.496 e. The van der Waals surface area contributed by atoms with Crippen molar-refractivity contribution in [3.05, 3.63) is 53.6 Å². The topological polar surface area (TPSA) is 119 Å². The van der Waals surface area contributed by atoms with Crippen molar-refractivity contribution in [1.82, 2.24) is 19.9 Å². The van der Waals surface area contributed by atoms with Crippen molar-refractivity contribution in [2.75, 3.05) is 38.0 Å². The van der Waals surface area contributed by atoms with E-state index < -0.39 is 0 Å². The molecular weight excluding hydrogens is 516 g/mol. The van der Waals surface area contributed by atoms with E-state index in [1.165, 1.54) is 5.56 Å². The zero-order chi connectivity index (χ0) is 28.8. The van der Waals surface area contributed by atoms with Crippen LogP contribution in [0.15, 0.2) is 42.5 Å². The van der Waals surface area contributed by atoms with E-state index in [2.05, 4.69) is 75.1 Å². The highest BCUT2D eigenvalue weighted by molar-refractivity contribution is 6.09. The van der Waals surface area contributed by atoms with Gasteiger partial charge >= 0.3 is 0 Å². The molecule has 1 aliphatic heterocycles. The molecule has 1 fully saturated rings. The fourth-order valence-electron chi connectivity index (χ4n) is 5.56. The fraction of sp³-hybridized carbons (Fsp3) is 0.438. The number of anilines is 2. The van der Waals surface area contributed by atoms with Crippen LogP contribution in [0.5, 0.6) is 5.75 Å². The van der Waals surface area contributed by atoms with Crippen LogP contribution in [-0.2, 0) is 17.8 Å². The Hall–Kier alpha value is -3.84. The fourth-order valence-corrected chi connectivity index (χ4v) is 5.56. The number of nitrogens with one attached hydrogen (secondary N) is 2. The van der Waals surface area contributed by atoms with Crippen molar-refractivity contribution in [1.29, 1.82) is 0 Å². The maximum absolute atomic E-state index is 9.29. The lowest BCUT2D eigenvalue weighted by atomic mass is 9.92. The van der Waals surface area contributed by atoms with Crippen molar-refractivity contribution in [3.8, 4) is 17.6 Å². The molecule has 4 aromatic rings. The Morgan fingerprint density at radius 3 is 2.76 bits per heavy atom. The van der Waals surface area contributed by atoms with Crippen molar-refractivity contribution >= 4 is 33.7 Å². The van der Waals surface area contributed by atoms with E-state index in [0.717, 1.165) is 78.7 Å². The van der Waals surface area contributed by atoms with Gasteiger partial charge < -0.3 is 35.5 Å². The van der Waals surface area contributed by atoms with Crippen LogP contribution in [0.25, 0.3) is 21.9 Å². The summed E-state index contributed by atoms with van der Waals surface area (Å²) in [6.07, 6.45) is 3.72. The number of nitrogen functional groups attached to an aromatic ring is 1. The average molecular weight is 557 g/mol. The SMILES string of the molecule is CCCC(C#CCO)Nc1nc(N)nc2c3ccccc3n(Cc3cc(CNC4(C)CCOCC4)ccc3OC)c12. The van der Waals surface area contributed by atoms with Crippen LogP contribution in [0.2, 0.25) is 0 Å². The molecule has 9 heteroatoms. The smallest absolute Gasteiger partial charge is 0.222 e. The van der Waals surface area contributed by atoms with Crippen LogP contribution < -0.4 is 21.1 Å². The van der Waals surface area contributed by atoms with E-state index >= 15 is 0 Å². The van der Waals surface area contributed by atoms with Crippen molar-refractivity contribution in [2.24, 2.45) is 0 Å². The molecule has 0 radical (unpaired) electrons. The molecule has 0 aliphatic carbocycles. The van der Waals surface area contributed by atoms with E-state index in [0.29, 0.717) is 12.4 Å². The van der Waals surface area contributed by atoms with Gasteiger partial charge in [-0.25, -0.2) is 4.98 Å². The standard InChI is InChI=1S/C32H40N6O3/c1-4-8-24(9-7-16-39)35-30-29-28(36-31(33)37-30)25-10-5-6-11-26(25)38(29)21-23-19-22(12-13-27(23)40-3)20-34-32(2)14-17-41-18-15-32/h5-6,10-13,19,24,34,39H,4,8,14-18,20-21H2,1-3H3,(H3,33,35,36,37). The molecule has 1 atom stereocenters. The second-order valence-corrected chi connectivity index (χ2v) is 10.9. The van der Waals surface area contributed by atoms with E-state index in [9.17, 15) is 5.11 Å². The molecule has 2 aromatic heterocycles. The van der Waals surface area contributed by atoms with Crippen LogP contribution >= 0.6 is 0 Å². The minimum absolute atomic E-state index is 0.0664. The van der Waals surface area contributed by atoms with Crippen molar-refractivity contribution in [2.45, 2.75) is 64.2 Å². The minimum Gasteiger partial charge on any atom is -0.496 e. The molecule has 5 N–H and O–H groups in total. The van der Waals surface area contributed by atoms with Gasteiger partial charge in [-0.2, -0.15) is 4.98 Å². The number of nitrogens with two attached hydrogens (primary N) is 1. The molecule has 0 bridgehead atoms. The summed E-state index contributed by atoms with van der Waals surface area (Å²) in [5, 5.41) is 17.6. The molecule has 1 saturated heterocycles. The minimum atomic E-state index is -0.193. The average Bonchev–Trinajstić information content (AvgIpc) is 3.28. The number of methoxy groups -OCH3 is 1. The molecular formula is C32H40N6O3. The number of benzene rings is 2. The number of rotatable bonds is 10. The Bertz CT molecular complexity index is 1560. The van der Waals surface area contributed by atoms with Gasteiger partial charge in [-0.15, -0.1) is 0 Å². The van der Waals surface area contributed by atoms with E-state index in [-0.39, 0.29) is 24.1 Å². The van der Waals surface area contributed by atoms with Gasteiger partial charge in [0.2, 0.25) is 5.95 Å². The van der Waals surface area contributed by atoms with Gasteiger partial charge in [-0.1, -0.05) is 49.5 Å². The Kier molecular flexibility index (Phi) is 8.93. The Balaban J connectivity index is 1.57. The lowest BCUT2D eigenvalue weighted by Gasteiger charge is -2.34. The number of aromatic nitrogens is 3. The molecule has 5 rings (SSSR count). The number of hydrogen-bond acceptors (Lipinski definition) is 8. The van der Waals surface area contributed by atoms with Gasteiger partial charge in [0.25, 0.3) is 0 Å². The van der Waals surface area contributed by atoms with Crippen molar-refractivity contribution in [3.63, 3.8) is 0 Å². The number of para-hydroxylation sites is 1. The third-order valence-electron chi connectivity index (χ3n) is 7.85. The summed E-state index contributed by atoms with van der Waals surface area (Å²) >= 11 is 0. The van der Waals surface area contributed by atoms with Crippen LogP contribution in [0.4, 0.5) is 11.8 Å². The Labute approximate surface area is 241 Å². The second kappa shape index (κ2) is 12.8. The van der Waals surface area contributed by atoms with Crippen molar-refractivity contribution < 1.29 is 14.6 Å². The van der Waals surface area contributed by atoms with Gasteiger partial charge in [0.1, 0.15) is 23.4 Å². The van der Waals surface area contributed by atoms with E-state index in [1.807, 2.05) is 18.2 Å². The summed E-state index contributed by atoms with van der Waals surface area (Å²) in [5.74, 6) is 7.55. The zero-order valence-corrected chi connectivity index (χ0v) is 24.2. The van der Waals surface area contributed by atoms with Gasteiger partial charge in [-0.05, 0) is 49.9 Å². The first-order valence-corrected chi connectivity index (χ1v) is 14.3. The summed E-state index contributed by atoms with van der Waals surface area (Å²) in [6, 6.07) is 14.4. The molecule has 0 saturated carbocycles. The third kappa shape index (κ3) is 6.41. The zero-order valence-electron chi connectivity index (χ0n) is 24.2. The van der Waals surface area contributed by atoms with Crippen LogP contribution in [0.3, 0.4) is 0 Å². The highest BCUT2D eigenvalue weighted by atomic mass is 16.5. The summed E-state index contributed by atoms with van der Waals surface area (Å²) in [7, 11) is 1.71. The number of hydrogen-bond donors (Lipinski definition) is 4. The molecule has 9 nitrogen and oxygen atoms in total. The molecule has 1 unspecified atom stereocenters. The predicted octanol–water partition coefficient (Wildman–Crippen LogP) is 4.46. The van der Waals surface area contributed by atoms with Gasteiger partial charge in [0.05, 0.1) is 25.2 Å². The second-order valence-electron chi connectivity index (χ2n) is 10.9. The normalized spacial score (nSPS) is 15.4. The third-order valence-corrected chi connectivity index (χ3v) is 7.85. The maximum atomic E-state index is 9.29. The summed E-state index contributed by atoms with van der Waals surface area (Å²) in [6.45, 7) is 7.07.